The van der Waals surface area contributed by atoms with Gasteiger partial charge in [-0.05, 0) is 83.1 Å². The average Bonchev–Trinajstić information content (AvgIpc) is 3.19. The van der Waals surface area contributed by atoms with Gasteiger partial charge in [0.1, 0.15) is 5.82 Å². The van der Waals surface area contributed by atoms with Crippen molar-refractivity contribution in [2.24, 2.45) is 0 Å². The van der Waals surface area contributed by atoms with Crippen LogP contribution in [0.4, 0.5) is 4.39 Å². The van der Waals surface area contributed by atoms with Crippen molar-refractivity contribution in [2.45, 2.75) is 13.8 Å². The van der Waals surface area contributed by atoms with Crippen molar-refractivity contribution in [3.05, 3.63) is 101 Å². The van der Waals surface area contributed by atoms with Gasteiger partial charge in [-0.15, -0.1) is 0 Å². The lowest BCUT2D eigenvalue weighted by Crippen LogP contribution is -2.13. The minimum Gasteiger partial charge on any atom is -0.298 e. The highest BCUT2D eigenvalue weighted by Crippen LogP contribution is 2.37. The fraction of sp³-hybridized carbons (Fsp3) is 0.172. The van der Waals surface area contributed by atoms with Crippen molar-refractivity contribution in [1.82, 2.24) is 4.90 Å². The summed E-state index contributed by atoms with van der Waals surface area (Å²) in [6, 6.07) is 16.4. The van der Waals surface area contributed by atoms with Crippen LogP contribution in [0.15, 0.2) is 67.8 Å². The van der Waals surface area contributed by atoms with Crippen molar-refractivity contribution in [3.63, 3.8) is 0 Å². The average molecular weight is 410 g/mol. The Balaban J connectivity index is 1.84. The first-order chi connectivity index (χ1) is 14.9. The number of hydrogen-bond acceptors (Lipinski definition) is 1. The predicted octanol–water partition coefficient (Wildman–Crippen LogP) is 7.39. The third-order valence-electron chi connectivity index (χ3n) is 6.29. The normalized spacial score (nSPS) is 13.9. The molecule has 1 aliphatic rings. The van der Waals surface area contributed by atoms with Crippen LogP contribution in [0.2, 0.25) is 0 Å². The van der Waals surface area contributed by atoms with Gasteiger partial charge in [0.15, 0.2) is 0 Å². The van der Waals surface area contributed by atoms with E-state index in [-0.39, 0.29) is 5.82 Å². The fourth-order valence-corrected chi connectivity index (χ4v) is 4.58. The highest BCUT2D eigenvalue weighted by molar-refractivity contribution is 5.84. The zero-order valence-electron chi connectivity index (χ0n) is 18.5. The van der Waals surface area contributed by atoms with E-state index in [4.69, 9.17) is 0 Å². The van der Waals surface area contributed by atoms with Crippen LogP contribution in [-0.2, 0) is 0 Å². The second-order valence-corrected chi connectivity index (χ2v) is 8.25. The molecule has 3 aromatic rings. The number of likely N-dealkylation sites (N-methyl/N-ethyl adjacent to an activating group) is 1. The molecule has 0 unspecified atom stereocenters. The Kier molecular flexibility index (Phi) is 5.75. The second-order valence-electron chi connectivity index (χ2n) is 8.25. The Morgan fingerprint density at radius 1 is 0.871 bits per heavy atom. The predicted molar refractivity (Wildman–Crippen MR) is 132 cm³/mol. The summed E-state index contributed by atoms with van der Waals surface area (Å²) in [7, 11) is 2.14. The summed E-state index contributed by atoms with van der Waals surface area (Å²) in [6.07, 6.45) is 5.54. The molecule has 0 spiro atoms. The third-order valence-corrected chi connectivity index (χ3v) is 6.29. The van der Waals surface area contributed by atoms with Crippen molar-refractivity contribution in [1.29, 1.82) is 0 Å². The van der Waals surface area contributed by atoms with Crippen LogP contribution in [0.3, 0.4) is 0 Å². The molecule has 0 fully saturated rings. The van der Waals surface area contributed by atoms with Crippen LogP contribution < -0.4 is 0 Å². The van der Waals surface area contributed by atoms with E-state index < -0.39 is 0 Å². The molecule has 31 heavy (non-hydrogen) atoms. The largest absolute Gasteiger partial charge is 0.298 e. The van der Waals surface area contributed by atoms with Gasteiger partial charge in [-0.2, -0.15) is 0 Å². The van der Waals surface area contributed by atoms with Gasteiger partial charge in [-0.25, -0.2) is 4.39 Å². The summed E-state index contributed by atoms with van der Waals surface area (Å²) < 4.78 is 14.7. The number of hydrogen-bond donors (Lipinski definition) is 0. The summed E-state index contributed by atoms with van der Waals surface area (Å²) in [6.45, 7) is 13.9. The Bertz CT molecular complexity index is 1220. The van der Waals surface area contributed by atoms with Crippen LogP contribution in [0.25, 0.3) is 40.0 Å². The monoisotopic (exact) mass is 409 g/mol. The Labute approximate surface area is 184 Å². The van der Waals surface area contributed by atoms with Crippen molar-refractivity contribution < 1.29 is 4.39 Å². The zero-order chi connectivity index (χ0) is 22.1. The molecule has 0 saturated carbocycles. The van der Waals surface area contributed by atoms with E-state index in [0.717, 1.165) is 35.3 Å². The highest BCUT2D eigenvalue weighted by atomic mass is 19.1. The van der Waals surface area contributed by atoms with Crippen molar-refractivity contribution >= 4 is 17.7 Å². The Hall–Kier alpha value is -3.23. The van der Waals surface area contributed by atoms with Crippen LogP contribution >= 0.6 is 0 Å². The van der Waals surface area contributed by atoms with Gasteiger partial charge in [0.2, 0.25) is 0 Å². The lowest BCUT2D eigenvalue weighted by atomic mass is 9.87. The van der Waals surface area contributed by atoms with Crippen LogP contribution in [-0.4, -0.2) is 25.0 Å². The van der Waals surface area contributed by atoms with E-state index >= 15 is 0 Å². The SMILES string of the molecule is C=Cc1cc(-c2cccc(-c3cccc(C4=CCN(C)C4)c3C)c2C)cc(F)c1C=C. The molecule has 0 saturated heterocycles. The molecule has 1 aliphatic heterocycles. The molecule has 2 heteroatoms. The van der Waals surface area contributed by atoms with Gasteiger partial charge in [0.25, 0.3) is 0 Å². The number of rotatable bonds is 5. The lowest BCUT2D eigenvalue weighted by Gasteiger charge is -2.18. The Morgan fingerprint density at radius 2 is 1.48 bits per heavy atom. The molecule has 1 heterocycles. The summed E-state index contributed by atoms with van der Waals surface area (Å²) in [5.41, 5.74) is 10.6. The number of benzene rings is 3. The maximum atomic E-state index is 14.7. The van der Waals surface area contributed by atoms with Crippen LogP contribution in [0, 0.1) is 19.7 Å². The zero-order valence-corrected chi connectivity index (χ0v) is 18.5. The van der Waals surface area contributed by atoms with E-state index in [9.17, 15) is 4.39 Å². The minimum absolute atomic E-state index is 0.275. The molecule has 0 aromatic heterocycles. The molecule has 4 rings (SSSR count). The molecule has 1 nitrogen and oxygen atoms in total. The van der Waals surface area contributed by atoms with E-state index in [1.54, 1.807) is 18.2 Å². The van der Waals surface area contributed by atoms with Crippen LogP contribution in [0.5, 0.6) is 0 Å². The summed E-state index contributed by atoms with van der Waals surface area (Å²) in [4.78, 5) is 2.31. The van der Waals surface area contributed by atoms with Crippen molar-refractivity contribution in [3.8, 4) is 22.3 Å². The molecule has 3 aromatic carbocycles. The number of nitrogens with zero attached hydrogens (tertiary/aromatic N) is 1. The topological polar surface area (TPSA) is 3.24 Å². The van der Waals surface area contributed by atoms with Crippen molar-refractivity contribution in [2.75, 3.05) is 20.1 Å². The molecule has 0 radical (unpaired) electrons. The van der Waals surface area contributed by atoms with Gasteiger partial charge in [0.05, 0.1) is 0 Å². The van der Waals surface area contributed by atoms with Gasteiger partial charge >= 0.3 is 0 Å². The molecular formula is C29H28FN. The summed E-state index contributed by atoms with van der Waals surface area (Å²) in [5, 5.41) is 0. The van der Waals surface area contributed by atoms with Gasteiger partial charge in [0, 0.05) is 18.7 Å². The molecule has 156 valence electrons. The Morgan fingerprint density at radius 3 is 2.06 bits per heavy atom. The fourth-order valence-electron chi connectivity index (χ4n) is 4.58. The maximum Gasteiger partial charge on any atom is 0.131 e. The van der Waals surface area contributed by atoms with E-state index in [2.05, 4.69) is 81.4 Å². The first kappa shape index (κ1) is 21.0. The molecule has 0 aliphatic carbocycles. The maximum absolute atomic E-state index is 14.7. The minimum atomic E-state index is -0.275. The summed E-state index contributed by atoms with van der Waals surface area (Å²) in [5.74, 6) is -0.275. The van der Waals surface area contributed by atoms with E-state index in [1.165, 1.54) is 27.8 Å². The standard InChI is InChI=1S/C29H28FN/c1-6-21-16-23(17-29(30)24(21)7-2)26-11-9-13-28(20(26)4)27-12-8-10-25(19(27)3)22-14-15-31(5)18-22/h6-14,16-17H,1-2,15,18H2,3-5H3. The smallest absolute Gasteiger partial charge is 0.131 e. The lowest BCUT2D eigenvalue weighted by molar-refractivity contribution is 0.438. The van der Waals surface area contributed by atoms with Gasteiger partial charge in [-0.3, -0.25) is 4.90 Å². The molecule has 0 bridgehead atoms. The second kappa shape index (κ2) is 8.49. The van der Waals surface area contributed by atoms with Crippen LogP contribution in [0.1, 0.15) is 27.8 Å². The first-order valence-corrected chi connectivity index (χ1v) is 10.6. The first-order valence-electron chi connectivity index (χ1n) is 10.6. The molecule has 0 N–H and O–H groups in total. The summed E-state index contributed by atoms with van der Waals surface area (Å²) >= 11 is 0. The van der Waals surface area contributed by atoms with Gasteiger partial charge in [-0.1, -0.05) is 67.8 Å². The molecule has 0 atom stereocenters. The van der Waals surface area contributed by atoms with E-state index in [0.29, 0.717) is 5.56 Å². The highest BCUT2D eigenvalue weighted by Gasteiger charge is 2.17. The van der Waals surface area contributed by atoms with E-state index in [1.807, 2.05) is 6.07 Å². The molecular weight excluding hydrogens is 381 g/mol. The third kappa shape index (κ3) is 3.80. The number of halogens is 1. The van der Waals surface area contributed by atoms with Gasteiger partial charge < -0.3 is 0 Å². The molecule has 0 amide bonds. The quantitative estimate of drug-likeness (QED) is 0.424.